The Morgan fingerprint density at radius 2 is 2.11 bits per heavy atom. The average Bonchev–Trinajstić information content (AvgIpc) is 1.84. The van der Waals surface area contributed by atoms with Gasteiger partial charge in [0.15, 0.2) is 0 Å². The van der Waals surface area contributed by atoms with Crippen LogP contribution in [0.5, 0.6) is 0 Å². The smallest absolute Gasteiger partial charge is 0.0482 e. The minimum absolute atomic E-state index is 0.0776. The van der Waals surface area contributed by atoms with Gasteiger partial charge in [-0.2, -0.15) is 0 Å². The Morgan fingerprint density at radius 3 is 2.44 bits per heavy atom. The fourth-order valence-corrected chi connectivity index (χ4v) is 0.572. The van der Waals surface area contributed by atoms with Crippen molar-refractivity contribution in [1.82, 2.24) is 0 Å². The van der Waals surface area contributed by atoms with Gasteiger partial charge in [0.2, 0.25) is 0 Å². The Balaban J connectivity index is 3.44. The van der Waals surface area contributed by atoms with E-state index in [2.05, 4.69) is 20.4 Å². The SMILES string of the molecule is C=CCCC(C)(C)CO. The first kappa shape index (κ1) is 8.70. The van der Waals surface area contributed by atoms with Gasteiger partial charge in [-0.1, -0.05) is 19.9 Å². The maximum atomic E-state index is 8.79. The zero-order valence-electron chi connectivity index (χ0n) is 6.35. The molecule has 0 amide bonds. The van der Waals surface area contributed by atoms with Crippen molar-refractivity contribution in [2.45, 2.75) is 26.7 Å². The van der Waals surface area contributed by atoms with Gasteiger partial charge in [-0.3, -0.25) is 0 Å². The maximum Gasteiger partial charge on any atom is 0.0482 e. The summed E-state index contributed by atoms with van der Waals surface area (Å²) >= 11 is 0. The molecule has 1 nitrogen and oxygen atoms in total. The number of hydrogen-bond acceptors (Lipinski definition) is 1. The number of hydrogen-bond donors (Lipinski definition) is 1. The van der Waals surface area contributed by atoms with E-state index in [-0.39, 0.29) is 12.0 Å². The highest BCUT2D eigenvalue weighted by atomic mass is 16.3. The fraction of sp³-hybridized carbons (Fsp3) is 0.750. The lowest BCUT2D eigenvalue weighted by atomic mass is 9.89. The van der Waals surface area contributed by atoms with Crippen molar-refractivity contribution in [3.05, 3.63) is 12.7 Å². The van der Waals surface area contributed by atoms with Gasteiger partial charge in [0.25, 0.3) is 0 Å². The van der Waals surface area contributed by atoms with E-state index >= 15 is 0 Å². The molecule has 1 N–H and O–H groups in total. The van der Waals surface area contributed by atoms with Crippen LogP contribution in [0.15, 0.2) is 12.7 Å². The van der Waals surface area contributed by atoms with Crippen molar-refractivity contribution in [3.63, 3.8) is 0 Å². The molecule has 0 aromatic heterocycles. The molecule has 0 rings (SSSR count). The van der Waals surface area contributed by atoms with E-state index in [0.717, 1.165) is 12.8 Å². The molecule has 0 aromatic rings. The van der Waals surface area contributed by atoms with Crippen molar-refractivity contribution in [2.75, 3.05) is 6.61 Å². The molecule has 0 bridgehead atoms. The van der Waals surface area contributed by atoms with E-state index in [1.165, 1.54) is 0 Å². The Labute approximate surface area is 57.4 Å². The van der Waals surface area contributed by atoms with Crippen LogP contribution in [0.2, 0.25) is 0 Å². The summed E-state index contributed by atoms with van der Waals surface area (Å²) in [6.07, 6.45) is 3.90. The molecular formula is C8H16O. The van der Waals surface area contributed by atoms with E-state index in [1.807, 2.05) is 6.08 Å². The van der Waals surface area contributed by atoms with Crippen LogP contribution in [0.25, 0.3) is 0 Å². The molecule has 0 atom stereocenters. The van der Waals surface area contributed by atoms with E-state index in [4.69, 9.17) is 5.11 Å². The maximum absolute atomic E-state index is 8.79. The summed E-state index contributed by atoms with van der Waals surface area (Å²) < 4.78 is 0. The predicted octanol–water partition coefficient (Wildman–Crippen LogP) is 1.97. The van der Waals surface area contributed by atoms with E-state index < -0.39 is 0 Å². The first-order valence-electron chi connectivity index (χ1n) is 3.34. The van der Waals surface area contributed by atoms with Crippen molar-refractivity contribution < 1.29 is 5.11 Å². The fourth-order valence-electron chi connectivity index (χ4n) is 0.572. The second-order valence-corrected chi connectivity index (χ2v) is 3.15. The topological polar surface area (TPSA) is 20.2 Å². The lowest BCUT2D eigenvalue weighted by molar-refractivity contribution is 0.151. The van der Waals surface area contributed by atoms with Crippen LogP contribution in [0.3, 0.4) is 0 Å². The molecular weight excluding hydrogens is 112 g/mol. The zero-order chi connectivity index (χ0) is 7.33. The van der Waals surface area contributed by atoms with Gasteiger partial charge in [0.1, 0.15) is 0 Å². The molecule has 0 aromatic carbocycles. The second-order valence-electron chi connectivity index (χ2n) is 3.15. The summed E-state index contributed by atoms with van der Waals surface area (Å²) in [6.45, 7) is 7.99. The van der Waals surface area contributed by atoms with Crippen LogP contribution in [0, 0.1) is 5.41 Å². The van der Waals surface area contributed by atoms with Gasteiger partial charge < -0.3 is 5.11 Å². The van der Waals surface area contributed by atoms with Crippen molar-refractivity contribution >= 4 is 0 Å². The van der Waals surface area contributed by atoms with Gasteiger partial charge in [-0.25, -0.2) is 0 Å². The van der Waals surface area contributed by atoms with Crippen LogP contribution >= 0.6 is 0 Å². The number of rotatable bonds is 4. The average molecular weight is 128 g/mol. The molecule has 0 saturated carbocycles. The Kier molecular flexibility index (Phi) is 3.55. The second kappa shape index (κ2) is 3.67. The summed E-state index contributed by atoms with van der Waals surface area (Å²) in [5.74, 6) is 0. The van der Waals surface area contributed by atoms with Crippen LogP contribution < -0.4 is 0 Å². The standard InChI is InChI=1S/C8H16O/c1-4-5-6-8(2,3)7-9/h4,9H,1,5-7H2,2-3H3. The van der Waals surface area contributed by atoms with Crippen LogP contribution in [-0.4, -0.2) is 11.7 Å². The molecule has 0 fully saturated rings. The third-order valence-electron chi connectivity index (χ3n) is 1.45. The summed E-state index contributed by atoms with van der Waals surface area (Å²) in [5.41, 5.74) is 0.0776. The van der Waals surface area contributed by atoms with Gasteiger partial charge in [-0.15, -0.1) is 6.58 Å². The summed E-state index contributed by atoms with van der Waals surface area (Å²) in [5, 5.41) is 8.79. The minimum atomic E-state index is 0.0776. The van der Waals surface area contributed by atoms with Crippen molar-refractivity contribution in [3.8, 4) is 0 Å². The molecule has 0 spiro atoms. The summed E-state index contributed by atoms with van der Waals surface area (Å²) in [7, 11) is 0. The van der Waals surface area contributed by atoms with Gasteiger partial charge in [0, 0.05) is 6.61 Å². The normalized spacial score (nSPS) is 11.4. The summed E-state index contributed by atoms with van der Waals surface area (Å²) in [4.78, 5) is 0. The molecule has 0 aliphatic carbocycles. The predicted molar refractivity (Wildman–Crippen MR) is 40.3 cm³/mol. The van der Waals surface area contributed by atoms with E-state index in [0.29, 0.717) is 0 Å². The first-order chi connectivity index (χ1) is 4.12. The number of aliphatic hydroxyl groups is 1. The largest absolute Gasteiger partial charge is 0.396 e. The molecule has 0 unspecified atom stereocenters. The van der Waals surface area contributed by atoms with Crippen molar-refractivity contribution in [1.29, 1.82) is 0 Å². The van der Waals surface area contributed by atoms with E-state index in [1.54, 1.807) is 0 Å². The number of aliphatic hydroxyl groups excluding tert-OH is 1. The molecule has 54 valence electrons. The molecule has 0 aliphatic rings. The molecule has 9 heavy (non-hydrogen) atoms. The summed E-state index contributed by atoms with van der Waals surface area (Å²) in [6, 6.07) is 0. The lowest BCUT2D eigenvalue weighted by Gasteiger charge is -2.19. The van der Waals surface area contributed by atoms with E-state index in [9.17, 15) is 0 Å². The molecule has 0 saturated heterocycles. The quantitative estimate of drug-likeness (QED) is 0.574. The third-order valence-corrected chi connectivity index (χ3v) is 1.45. The lowest BCUT2D eigenvalue weighted by Crippen LogP contribution is -2.15. The van der Waals surface area contributed by atoms with Crippen LogP contribution in [0.1, 0.15) is 26.7 Å². The Hall–Kier alpha value is -0.300. The Morgan fingerprint density at radius 1 is 1.56 bits per heavy atom. The van der Waals surface area contributed by atoms with Crippen LogP contribution in [-0.2, 0) is 0 Å². The first-order valence-corrected chi connectivity index (χ1v) is 3.34. The molecule has 0 radical (unpaired) electrons. The van der Waals surface area contributed by atoms with Crippen LogP contribution in [0.4, 0.5) is 0 Å². The zero-order valence-corrected chi connectivity index (χ0v) is 6.35. The molecule has 1 heteroatoms. The highest BCUT2D eigenvalue weighted by Gasteiger charge is 2.13. The van der Waals surface area contributed by atoms with Crippen molar-refractivity contribution in [2.24, 2.45) is 5.41 Å². The highest BCUT2D eigenvalue weighted by Crippen LogP contribution is 2.20. The van der Waals surface area contributed by atoms with Gasteiger partial charge >= 0.3 is 0 Å². The molecule has 0 heterocycles. The highest BCUT2D eigenvalue weighted by molar-refractivity contribution is 4.74. The minimum Gasteiger partial charge on any atom is -0.396 e. The molecule has 0 aliphatic heterocycles. The monoisotopic (exact) mass is 128 g/mol. The third kappa shape index (κ3) is 4.22. The Bertz CT molecular complexity index is 84.6. The van der Waals surface area contributed by atoms with Gasteiger partial charge in [-0.05, 0) is 18.3 Å². The number of allylic oxidation sites excluding steroid dienone is 1. The van der Waals surface area contributed by atoms with Gasteiger partial charge in [0.05, 0.1) is 0 Å².